The Hall–Kier alpha value is -2.89. The topological polar surface area (TPSA) is 47.9 Å². The summed E-state index contributed by atoms with van der Waals surface area (Å²) in [5.74, 6) is -0.379. The third kappa shape index (κ3) is 7.31. The molecular formula is C27H29ClFN3O. The van der Waals surface area contributed by atoms with E-state index in [9.17, 15) is 4.39 Å². The van der Waals surface area contributed by atoms with Crippen LogP contribution in [-0.4, -0.2) is 28.2 Å². The number of benzene rings is 1. The maximum atomic E-state index is 14.1. The fraction of sp³-hybridized carbons (Fsp3) is 0.296. The molecule has 0 radical (unpaired) electrons. The van der Waals surface area contributed by atoms with Crippen molar-refractivity contribution in [2.75, 3.05) is 13.2 Å². The lowest BCUT2D eigenvalue weighted by molar-refractivity contribution is 0.0968. The van der Waals surface area contributed by atoms with E-state index in [1.807, 2.05) is 51.1 Å². The second kappa shape index (κ2) is 12.4. The summed E-state index contributed by atoms with van der Waals surface area (Å²) in [5.41, 5.74) is 4.93. The molecule has 1 aliphatic rings. The van der Waals surface area contributed by atoms with Crippen LogP contribution in [0.25, 0.3) is 22.2 Å². The summed E-state index contributed by atoms with van der Waals surface area (Å²) in [5, 5.41) is 1.22. The summed E-state index contributed by atoms with van der Waals surface area (Å²) in [6, 6.07) is 14.3. The van der Waals surface area contributed by atoms with Crippen LogP contribution in [0.15, 0.2) is 60.9 Å². The van der Waals surface area contributed by atoms with Crippen LogP contribution in [0.5, 0.6) is 0 Å². The Morgan fingerprint density at radius 1 is 0.879 bits per heavy atom. The predicted octanol–water partition coefficient (Wildman–Crippen LogP) is 7.28. The Kier molecular flexibility index (Phi) is 9.28. The first-order valence-corrected chi connectivity index (χ1v) is 11.5. The molecule has 1 aromatic carbocycles. The first-order chi connectivity index (χ1) is 16.0. The Morgan fingerprint density at radius 2 is 1.67 bits per heavy atom. The van der Waals surface area contributed by atoms with Gasteiger partial charge in [0.15, 0.2) is 0 Å². The third-order valence-electron chi connectivity index (χ3n) is 5.26. The van der Waals surface area contributed by atoms with E-state index in [4.69, 9.17) is 16.3 Å². The number of ether oxygens (including phenoxy) is 1. The van der Waals surface area contributed by atoms with Crippen molar-refractivity contribution in [3.63, 3.8) is 0 Å². The summed E-state index contributed by atoms with van der Waals surface area (Å²) in [4.78, 5) is 12.8. The zero-order valence-corrected chi connectivity index (χ0v) is 20.1. The van der Waals surface area contributed by atoms with Crippen molar-refractivity contribution in [3.8, 4) is 11.3 Å². The lowest BCUT2D eigenvalue weighted by atomic mass is 10.0. The van der Waals surface area contributed by atoms with Crippen molar-refractivity contribution >= 4 is 22.5 Å². The van der Waals surface area contributed by atoms with Crippen LogP contribution >= 0.6 is 11.6 Å². The van der Waals surface area contributed by atoms with Gasteiger partial charge in [-0.05, 0) is 88.1 Å². The van der Waals surface area contributed by atoms with Gasteiger partial charge in [0, 0.05) is 53.0 Å². The van der Waals surface area contributed by atoms with Crippen LogP contribution in [-0.2, 0) is 4.74 Å². The van der Waals surface area contributed by atoms with Gasteiger partial charge in [0.1, 0.15) is 5.82 Å². The molecule has 5 rings (SSSR count). The monoisotopic (exact) mass is 465 g/mol. The summed E-state index contributed by atoms with van der Waals surface area (Å²) < 4.78 is 19.2. The molecule has 4 nitrogen and oxygen atoms in total. The van der Waals surface area contributed by atoms with E-state index >= 15 is 0 Å². The minimum absolute atomic E-state index is 0.372. The molecule has 33 heavy (non-hydrogen) atoms. The van der Waals surface area contributed by atoms with Crippen molar-refractivity contribution in [1.29, 1.82) is 0 Å². The molecule has 3 aromatic heterocycles. The van der Waals surface area contributed by atoms with E-state index in [0.29, 0.717) is 16.3 Å². The molecule has 4 aromatic rings. The van der Waals surface area contributed by atoms with Gasteiger partial charge in [-0.25, -0.2) is 4.39 Å². The van der Waals surface area contributed by atoms with Gasteiger partial charge in [0.2, 0.25) is 0 Å². The normalized spacial score (nSPS) is 12.9. The standard InChI is InChI=1S/C16H12ClFN2.C6H7N.C5H10O/c1-9-7-13-15(20-10(9)2)5-6-19-16(13)12-4-3-11(17)8-14(12)18;1-6-4-2-3-5-7-6;1-2-4-6-5-3-1/h3-8H,1-2H3;2-5H,1H3;1-5H2. The Labute approximate surface area is 199 Å². The quantitative estimate of drug-likeness (QED) is 0.296. The Bertz CT molecular complexity index is 1170. The largest absolute Gasteiger partial charge is 0.381 e. The number of nitrogens with zero attached hydrogens (tertiary/aromatic N) is 3. The summed E-state index contributed by atoms with van der Waals surface area (Å²) in [6.45, 7) is 7.91. The van der Waals surface area contributed by atoms with Gasteiger partial charge in [-0.1, -0.05) is 17.7 Å². The first-order valence-electron chi connectivity index (χ1n) is 11.1. The van der Waals surface area contributed by atoms with Crippen molar-refractivity contribution in [1.82, 2.24) is 15.0 Å². The fourth-order valence-electron chi connectivity index (χ4n) is 3.32. The van der Waals surface area contributed by atoms with Gasteiger partial charge in [-0.15, -0.1) is 0 Å². The number of aromatic nitrogens is 3. The molecular weight excluding hydrogens is 437 g/mol. The molecule has 0 aliphatic carbocycles. The number of hydrogen-bond donors (Lipinski definition) is 0. The smallest absolute Gasteiger partial charge is 0.134 e. The number of aryl methyl sites for hydroxylation is 3. The minimum atomic E-state index is -0.379. The summed E-state index contributed by atoms with van der Waals surface area (Å²) in [6.07, 6.45) is 7.36. The van der Waals surface area contributed by atoms with Crippen molar-refractivity contribution in [3.05, 3.63) is 88.7 Å². The zero-order chi connectivity index (χ0) is 23.6. The molecule has 172 valence electrons. The molecule has 6 heteroatoms. The van der Waals surface area contributed by atoms with Crippen LogP contribution in [0.2, 0.25) is 5.02 Å². The highest BCUT2D eigenvalue weighted by molar-refractivity contribution is 6.30. The molecule has 0 unspecified atom stereocenters. The fourth-order valence-corrected chi connectivity index (χ4v) is 3.48. The average molecular weight is 466 g/mol. The average Bonchev–Trinajstić information content (AvgIpc) is 2.82. The number of rotatable bonds is 1. The van der Waals surface area contributed by atoms with E-state index in [-0.39, 0.29) is 5.82 Å². The van der Waals surface area contributed by atoms with Gasteiger partial charge >= 0.3 is 0 Å². The zero-order valence-electron chi connectivity index (χ0n) is 19.3. The van der Waals surface area contributed by atoms with E-state index in [0.717, 1.165) is 41.1 Å². The van der Waals surface area contributed by atoms with Gasteiger partial charge < -0.3 is 4.74 Å². The van der Waals surface area contributed by atoms with E-state index in [1.54, 1.807) is 24.5 Å². The summed E-state index contributed by atoms with van der Waals surface area (Å²) in [7, 11) is 0. The first kappa shape index (κ1) is 24.7. The maximum absolute atomic E-state index is 14.1. The highest BCUT2D eigenvalue weighted by Gasteiger charge is 2.12. The van der Waals surface area contributed by atoms with E-state index in [1.165, 1.54) is 25.3 Å². The molecule has 0 spiro atoms. The molecule has 0 saturated carbocycles. The van der Waals surface area contributed by atoms with Gasteiger partial charge in [-0.2, -0.15) is 0 Å². The molecule has 0 amide bonds. The molecule has 1 saturated heterocycles. The third-order valence-corrected chi connectivity index (χ3v) is 5.50. The van der Waals surface area contributed by atoms with E-state index < -0.39 is 0 Å². The number of fused-ring (bicyclic) bond motifs is 1. The van der Waals surface area contributed by atoms with Crippen LogP contribution in [0.3, 0.4) is 0 Å². The SMILES string of the molecule is C1CCOCC1.Cc1cc2c(-c3ccc(Cl)cc3F)nccc2nc1C.Cc1ccccn1. The lowest BCUT2D eigenvalue weighted by Gasteiger charge is -2.09. The summed E-state index contributed by atoms with van der Waals surface area (Å²) >= 11 is 5.80. The second-order valence-electron chi connectivity index (χ2n) is 7.89. The molecule has 4 heterocycles. The Morgan fingerprint density at radius 3 is 2.21 bits per heavy atom. The van der Waals surface area contributed by atoms with Gasteiger partial charge in [0.25, 0.3) is 0 Å². The van der Waals surface area contributed by atoms with Crippen molar-refractivity contribution < 1.29 is 9.13 Å². The molecule has 0 bridgehead atoms. The van der Waals surface area contributed by atoms with Crippen LogP contribution in [0.4, 0.5) is 4.39 Å². The lowest BCUT2D eigenvalue weighted by Crippen LogP contribution is -2.03. The minimum Gasteiger partial charge on any atom is -0.381 e. The Balaban J connectivity index is 0.000000191. The van der Waals surface area contributed by atoms with Gasteiger partial charge in [-0.3, -0.25) is 15.0 Å². The number of hydrogen-bond acceptors (Lipinski definition) is 4. The maximum Gasteiger partial charge on any atom is 0.134 e. The molecule has 1 aliphatic heterocycles. The number of halogens is 2. The predicted molar refractivity (Wildman–Crippen MR) is 133 cm³/mol. The second-order valence-corrected chi connectivity index (χ2v) is 8.32. The van der Waals surface area contributed by atoms with Crippen molar-refractivity contribution in [2.24, 2.45) is 0 Å². The highest BCUT2D eigenvalue weighted by Crippen LogP contribution is 2.30. The number of pyridine rings is 3. The van der Waals surface area contributed by atoms with E-state index in [2.05, 4.69) is 15.0 Å². The van der Waals surface area contributed by atoms with Crippen LogP contribution in [0.1, 0.15) is 36.2 Å². The molecule has 0 N–H and O–H groups in total. The molecule has 0 atom stereocenters. The van der Waals surface area contributed by atoms with Crippen molar-refractivity contribution in [2.45, 2.75) is 40.0 Å². The molecule has 1 fully saturated rings. The van der Waals surface area contributed by atoms with Gasteiger partial charge in [0.05, 0.1) is 11.2 Å². The highest BCUT2D eigenvalue weighted by atomic mass is 35.5. The van der Waals surface area contributed by atoms with Crippen LogP contribution in [0, 0.1) is 26.6 Å². The van der Waals surface area contributed by atoms with Crippen LogP contribution < -0.4 is 0 Å².